The molecule has 0 bridgehead atoms. The summed E-state index contributed by atoms with van der Waals surface area (Å²) in [6.07, 6.45) is 1.83. The van der Waals surface area contributed by atoms with Gasteiger partial charge >= 0.3 is 0 Å². The van der Waals surface area contributed by atoms with Crippen LogP contribution in [0.15, 0.2) is 42.7 Å². The van der Waals surface area contributed by atoms with Crippen LogP contribution >= 0.6 is 0 Å². The Morgan fingerprint density at radius 2 is 2.08 bits per heavy atom. The molecule has 1 aromatic rings. The average Bonchev–Trinajstić information content (AvgIpc) is 2.09. The van der Waals surface area contributed by atoms with Crippen LogP contribution in [-0.4, -0.2) is 6.54 Å². The van der Waals surface area contributed by atoms with Crippen molar-refractivity contribution in [1.82, 2.24) is 0 Å². The molecule has 0 heterocycles. The Labute approximate surface area is 72.4 Å². The summed E-state index contributed by atoms with van der Waals surface area (Å²) in [6.45, 7) is 4.21. The molecule has 0 aliphatic heterocycles. The number of rotatable bonds is 3. The molecule has 0 aromatic heterocycles. The molecule has 0 spiro atoms. The second kappa shape index (κ2) is 4.27. The summed E-state index contributed by atoms with van der Waals surface area (Å²) in [5.41, 5.74) is 10.0. The summed E-state index contributed by atoms with van der Waals surface area (Å²) in [4.78, 5) is 0. The Hall–Kier alpha value is -1.66. The zero-order valence-electron chi connectivity index (χ0n) is 6.88. The predicted molar refractivity (Wildman–Crippen MR) is 53.1 cm³/mol. The zero-order chi connectivity index (χ0) is 8.81. The fraction of sp³-hybridized carbons (Fsp3) is 0.100. The Morgan fingerprint density at radius 1 is 1.42 bits per heavy atom. The Bertz CT molecular complexity index is 281. The SMILES string of the molecule is C=C=CCNc1ccc(N)cc1. The van der Waals surface area contributed by atoms with Gasteiger partial charge in [0.25, 0.3) is 0 Å². The van der Waals surface area contributed by atoms with Gasteiger partial charge in [-0.2, -0.15) is 0 Å². The number of nitrogen functional groups attached to an aromatic ring is 1. The van der Waals surface area contributed by atoms with Gasteiger partial charge in [0.15, 0.2) is 0 Å². The lowest BCUT2D eigenvalue weighted by Gasteiger charge is -2.01. The highest BCUT2D eigenvalue weighted by Crippen LogP contribution is 2.09. The third-order valence-corrected chi connectivity index (χ3v) is 1.46. The summed E-state index contributed by atoms with van der Waals surface area (Å²) < 4.78 is 0. The second-order valence-corrected chi connectivity index (χ2v) is 2.41. The molecular weight excluding hydrogens is 148 g/mol. The molecule has 0 aliphatic carbocycles. The first kappa shape index (κ1) is 8.44. The van der Waals surface area contributed by atoms with E-state index in [0.717, 1.165) is 17.9 Å². The van der Waals surface area contributed by atoms with Crippen molar-refractivity contribution in [3.8, 4) is 0 Å². The molecule has 1 rings (SSSR count). The fourth-order valence-corrected chi connectivity index (χ4v) is 0.842. The van der Waals surface area contributed by atoms with E-state index in [4.69, 9.17) is 5.73 Å². The van der Waals surface area contributed by atoms with Crippen molar-refractivity contribution >= 4 is 11.4 Å². The molecule has 3 N–H and O–H groups in total. The van der Waals surface area contributed by atoms with E-state index in [1.54, 1.807) is 0 Å². The summed E-state index contributed by atoms with van der Waals surface area (Å²) >= 11 is 0. The van der Waals surface area contributed by atoms with Gasteiger partial charge in [0.2, 0.25) is 0 Å². The van der Waals surface area contributed by atoms with Gasteiger partial charge in [-0.1, -0.05) is 6.58 Å². The van der Waals surface area contributed by atoms with E-state index in [0.29, 0.717) is 0 Å². The lowest BCUT2D eigenvalue weighted by molar-refractivity contribution is 1.34. The molecule has 0 aliphatic rings. The highest BCUT2D eigenvalue weighted by molar-refractivity contribution is 5.51. The maximum atomic E-state index is 5.52. The van der Waals surface area contributed by atoms with Gasteiger partial charge in [0.1, 0.15) is 0 Å². The minimum atomic E-state index is 0.743. The van der Waals surface area contributed by atoms with Gasteiger partial charge in [-0.3, -0.25) is 0 Å². The Morgan fingerprint density at radius 3 is 2.67 bits per heavy atom. The van der Waals surface area contributed by atoms with Crippen molar-refractivity contribution in [2.24, 2.45) is 0 Å². The van der Waals surface area contributed by atoms with E-state index in [-0.39, 0.29) is 0 Å². The summed E-state index contributed by atoms with van der Waals surface area (Å²) in [5, 5.41) is 3.16. The van der Waals surface area contributed by atoms with E-state index in [9.17, 15) is 0 Å². The van der Waals surface area contributed by atoms with Crippen molar-refractivity contribution in [3.05, 3.63) is 42.7 Å². The van der Waals surface area contributed by atoms with Crippen LogP contribution in [0.3, 0.4) is 0 Å². The zero-order valence-corrected chi connectivity index (χ0v) is 6.88. The predicted octanol–water partition coefficient (Wildman–Crippen LogP) is 2.02. The largest absolute Gasteiger partial charge is 0.399 e. The molecule has 1 aromatic carbocycles. The fourth-order valence-electron chi connectivity index (χ4n) is 0.842. The highest BCUT2D eigenvalue weighted by Gasteiger charge is 1.87. The van der Waals surface area contributed by atoms with Crippen LogP contribution in [0.5, 0.6) is 0 Å². The number of nitrogens with one attached hydrogen (secondary N) is 1. The van der Waals surface area contributed by atoms with Crippen molar-refractivity contribution < 1.29 is 0 Å². The molecule has 0 radical (unpaired) electrons. The maximum absolute atomic E-state index is 5.52. The van der Waals surface area contributed by atoms with E-state index in [1.807, 2.05) is 30.3 Å². The summed E-state index contributed by atoms with van der Waals surface area (Å²) in [7, 11) is 0. The minimum Gasteiger partial charge on any atom is -0.399 e. The number of hydrogen-bond donors (Lipinski definition) is 2. The average molecular weight is 160 g/mol. The molecule has 0 saturated heterocycles. The number of benzene rings is 1. The highest BCUT2D eigenvalue weighted by atomic mass is 14.8. The summed E-state index contributed by atoms with van der Waals surface area (Å²) in [5.74, 6) is 0. The third-order valence-electron chi connectivity index (χ3n) is 1.46. The van der Waals surface area contributed by atoms with Crippen molar-refractivity contribution in [2.75, 3.05) is 17.6 Å². The van der Waals surface area contributed by atoms with E-state index in [1.165, 1.54) is 0 Å². The third kappa shape index (κ3) is 2.52. The van der Waals surface area contributed by atoms with Crippen LogP contribution in [0.25, 0.3) is 0 Å². The normalized spacial score (nSPS) is 8.67. The van der Waals surface area contributed by atoms with Crippen molar-refractivity contribution in [2.45, 2.75) is 0 Å². The molecule has 0 fully saturated rings. The quantitative estimate of drug-likeness (QED) is 0.524. The van der Waals surface area contributed by atoms with Crippen molar-refractivity contribution in [3.63, 3.8) is 0 Å². The molecule has 62 valence electrons. The first-order valence-electron chi connectivity index (χ1n) is 3.76. The van der Waals surface area contributed by atoms with Gasteiger partial charge in [0.05, 0.1) is 0 Å². The van der Waals surface area contributed by atoms with E-state index in [2.05, 4.69) is 17.6 Å². The molecular formula is C10H12N2. The molecule has 2 heteroatoms. The van der Waals surface area contributed by atoms with E-state index < -0.39 is 0 Å². The lowest BCUT2D eigenvalue weighted by Crippen LogP contribution is -1.97. The number of nitrogens with two attached hydrogens (primary N) is 1. The van der Waals surface area contributed by atoms with Crippen LogP contribution < -0.4 is 11.1 Å². The van der Waals surface area contributed by atoms with Crippen LogP contribution in [0.1, 0.15) is 0 Å². The van der Waals surface area contributed by atoms with E-state index >= 15 is 0 Å². The van der Waals surface area contributed by atoms with Crippen LogP contribution in [0.4, 0.5) is 11.4 Å². The monoisotopic (exact) mass is 160 g/mol. The molecule has 0 saturated carbocycles. The van der Waals surface area contributed by atoms with Gasteiger partial charge in [-0.05, 0) is 30.3 Å². The standard InChI is InChI=1S/C10H12N2/c1-2-3-8-12-10-6-4-9(11)5-7-10/h3-7,12H,1,8,11H2. The second-order valence-electron chi connectivity index (χ2n) is 2.41. The number of hydrogen-bond acceptors (Lipinski definition) is 2. The lowest BCUT2D eigenvalue weighted by atomic mass is 10.3. The van der Waals surface area contributed by atoms with Gasteiger partial charge in [0, 0.05) is 17.9 Å². The first-order valence-corrected chi connectivity index (χ1v) is 3.76. The van der Waals surface area contributed by atoms with Gasteiger partial charge in [-0.25, -0.2) is 0 Å². The Kier molecular flexibility index (Phi) is 3.00. The summed E-state index contributed by atoms with van der Waals surface area (Å²) in [6, 6.07) is 7.60. The van der Waals surface area contributed by atoms with Gasteiger partial charge in [-0.15, -0.1) is 5.73 Å². The molecule has 0 atom stereocenters. The molecule has 2 nitrogen and oxygen atoms in total. The number of anilines is 2. The topological polar surface area (TPSA) is 38.0 Å². The first-order chi connectivity index (χ1) is 5.83. The van der Waals surface area contributed by atoms with Crippen LogP contribution in [-0.2, 0) is 0 Å². The molecule has 0 unspecified atom stereocenters. The Balaban J connectivity index is 2.53. The van der Waals surface area contributed by atoms with Gasteiger partial charge < -0.3 is 11.1 Å². The molecule has 12 heavy (non-hydrogen) atoms. The molecule has 0 amide bonds. The minimum absolute atomic E-state index is 0.743. The van der Waals surface area contributed by atoms with Crippen LogP contribution in [0.2, 0.25) is 0 Å². The van der Waals surface area contributed by atoms with Crippen molar-refractivity contribution in [1.29, 1.82) is 0 Å². The van der Waals surface area contributed by atoms with Crippen LogP contribution in [0, 0.1) is 0 Å². The smallest absolute Gasteiger partial charge is 0.0405 e. The maximum Gasteiger partial charge on any atom is 0.0405 e.